The van der Waals surface area contributed by atoms with Crippen molar-refractivity contribution in [2.24, 2.45) is 23.7 Å². The summed E-state index contributed by atoms with van der Waals surface area (Å²) in [5.41, 5.74) is 0. The standard InChI is InChI=1S/C10H12Cl2/c11-9-1-2-10(12,7-3-5(7)9)8-4-6(8)9/h5-8H,1-4H2/t5-,6-,7+,8+,9?,10?. The summed E-state index contributed by atoms with van der Waals surface area (Å²) in [6.45, 7) is 0. The van der Waals surface area contributed by atoms with Crippen LogP contribution in [0.3, 0.4) is 0 Å². The zero-order chi connectivity index (χ0) is 8.14. The normalized spacial score (nSPS) is 76.5. The second-order valence-corrected chi connectivity index (χ2v) is 6.66. The molecule has 5 rings (SSSR count). The summed E-state index contributed by atoms with van der Waals surface area (Å²) in [6, 6.07) is 0. The number of hydrogen-bond donors (Lipinski definition) is 0. The van der Waals surface area contributed by atoms with Gasteiger partial charge in [0, 0.05) is 0 Å². The van der Waals surface area contributed by atoms with Crippen LogP contribution in [-0.4, -0.2) is 9.75 Å². The molecule has 5 aliphatic carbocycles. The third-order valence-corrected chi connectivity index (χ3v) is 6.44. The van der Waals surface area contributed by atoms with E-state index >= 15 is 0 Å². The smallest absolute Gasteiger partial charge is 0.0510 e. The minimum atomic E-state index is 0.214. The Labute approximate surface area is 82.6 Å². The van der Waals surface area contributed by atoms with Gasteiger partial charge in [0.25, 0.3) is 0 Å². The summed E-state index contributed by atoms with van der Waals surface area (Å²) in [7, 11) is 0. The lowest BCUT2D eigenvalue weighted by Gasteiger charge is -2.46. The van der Waals surface area contributed by atoms with E-state index in [2.05, 4.69) is 0 Å². The Morgan fingerprint density at radius 1 is 0.750 bits per heavy atom. The van der Waals surface area contributed by atoms with Crippen molar-refractivity contribution in [1.82, 2.24) is 0 Å². The van der Waals surface area contributed by atoms with Gasteiger partial charge in [0.1, 0.15) is 0 Å². The van der Waals surface area contributed by atoms with Gasteiger partial charge in [0.05, 0.1) is 9.75 Å². The predicted molar refractivity (Wildman–Crippen MR) is 49.6 cm³/mol. The average molecular weight is 203 g/mol. The van der Waals surface area contributed by atoms with E-state index in [0.29, 0.717) is 0 Å². The summed E-state index contributed by atoms with van der Waals surface area (Å²) in [6.07, 6.45) is 5.06. The Kier molecular flexibility index (Phi) is 0.919. The Hall–Kier alpha value is 0.580. The molecule has 5 saturated carbocycles. The second kappa shape index (κ2) is 1.59. The number of hydrogen-bond acceptors (Lipinski definition) is 0. The van der Waals surface area contributed by atoms with Crippen LogP contribution in [0.1, 0.15) is 25.7 Å². The van der Waals surface area contributed by atoms with Gasteiger partial charge in [0.15, 0.2) is 0 Å². The largest absolute Gasteiger partial charge is 0.119 e. The van der Waals surface area contributed by atoms with Gasteiger partial charge >= 0.3 is 0 Å². The summed E-state index contributed by atoms with van der Waals surface area (Å²) in [5.74, 6) is 3.20. The van der Waals surface area contributed by atoms with Gasteiger partial charge in [0.2, 0.25) is 0 Å². The molecule has 5 fully saturated rings. The number of rotatable bonds is 0. The molecule has 0 amide bonds. The summed E-state index contributed by atoms with van der Waals surface area (Å²) < 4.78 is 0. The number of halogens is 2. The highest BCUT2D eigenvalue weighted by molar-refractivity contribution is 6.29. The van der Waals surface area contributed by atoms with Gasteiger partial charge in [-0.25, -0.2) is 0 Å². The number of fused-ring (bicyclic) bond motifs is 1. The molecule has 0 N–H and O–H groups in total. The number of alkyl halides is 2. The third-order valence-electron chi connectivity index (χ3n) is 4.94. The van der Waals surface area contributed by atoms with Crippen LogP contribution in [0.4, 0.5) is 0 Å². The van der Waals surface area contributed by atoms with Gasteiger partial charge < -0.3 is 0 Å². The first-order valence-electron chi connectivity index (χ1n) is 5.04. The maximum Gasteiger partial charge on any atom is 0.0510 e. The highest BCUT2D eigenvalue weighted by Gasteiger charge is 2.79. The third kappa shape index (κ3) is 0.511. The van der Waals surface area contributed by atoms with E-state index in [1.165, 1.54) is 25.7 Å². The molecule has 0 spiro atoms. The van der Waals surface area contributed by atoms with E-state index in [1.807, 2.05) is 0 Å². The molecular formula is C10H12Cl2. The molecule has 0 aliphatic heterocycles. The molecule has 0 unspecified atom stereocenters. The maximum atomic E-state index is 6.69. The molecule has 0 aromatic heterocycles. The van der Waals surface area contributed by atoms with Crippen molar-refractivity contribution < 1.29 is 0 Å². The summed E-state index contributed by atoms with van der Waals surface area (Å²) >= 11 is 13.4. The monoisotopic (exact) mass is 202 g/mol. The Balaban J connectivity index is 1.90. The van der Waals surface area contributed by atoms with Crippen LogP contribution in [-0.2, 0) is 0 Å². The van der Waals surface area contributed by atoms with Crippen molar-refractivity contribution in [3.63, 3.8) is 0 Å². The molecular weight excluding hydrogens is 191 g/mol. The Bertz CT molecular complexity index is 229. The quantitative estimate of drug-likeness (QED) is 0.531. The molecule has 66 valence electrons. The highest BCUT2D eigenvalue weighted by atomic mass is 35.5. The lowest BCUT2D eigenvalue weighted by atomic mass is 9.70. The van der Waals surface area contributed by atoms with Crippen LogP contribution >= 0.6 is 23.2 Å². The molecule has 0 aromatic rings. The van der Waals surface area contributed by atoms with E-state index in [-0.39, 0.29) is 9.75 Å². The van der Waals surface area contributed by atoms with Crippen LogP contribution < -0.4 is 0 Å². The Morgan fingerprint density at radius 3 is 1.42 bits per heavy atom. The van der Waals surface area contributed by atoms with Crippen LogP contribution in [0.2, 0.25) is 0 Å². The maximum absolute atomic E-state index is 6.69. The van der Waals surface area contributed by atoms with Gasteiger partial charge in [-0.2, -0.15) is 0 Å². The molecule has 5 aliphatic rings. The summed E-state index contributed by atoms with van der Waals surface area (Å²) in [4.78, 5) is 0.429. The molecule has 0 radical (unpaired) electrons. The molecule has 2 heteroatoms. The molecule has 4 atom stereocenters. The Morgan fingerprint density at radius 2 is 1.08 bits per heavy atom. The molecule has 0 heterocycles. The van der Waals surface area contributed by atoms with Gasteiger partial charge in [-0.1, -0.05) is 0 Å². The second-order valence-electron chi connectivity index (χ2n) is 5.25. The highest BCUT2D eigenvalue weighted by Crippen LogP contribution is 2.80. The predicted octanol–water partition coefficient (Wildman–Crippen LogP) is 3.02. The molecule has 0 saturated heterocycles. The van der Waals surface area contributed by atoms with E-state index in [9.17, 15) is 0 Å². The van der Waals surface area contributed by atoms with E-state index in [0.717, 1.165) is 23.7 Å². The van der Waals surface area contributed by atoms with E-state index in [4.69, 9.17) is 23.2 Å². The fourth-order valence-corrected chi connectivity index (χ4v) is 5.34. The van der Waals surface area contributed by atoms with Crippen molar-refractivity contribution in [3.8, 4) is 0 Å². The molecule has 0 aromatic carbocycles. The molecule has 2 bridgehead atoms. The minimum absolute atomic E-state index is 0.214. The molecule has 12 heavy (non-hydrogen) atoms. The van der Waals surface area contributed by atoms with Crippen LogP contribution in [0.25, 0.3) is 0 Å². The summed E-state index contributed by atoms with van der Waals surface area (Å²) in [5, 5.41) is 0. The van der Waals surface area contributed by atoms with E-state index in [1.54, 1.807) is 0 Å². The van der Waals surface area contributed by atoms with Gasteiger partial charge in [-0.15, -0.1) is 23.2 Å². The van der Waals surface area contributed by atoms with Gasteiger partial charge in [-0.3, -0.25) is 0 Å². The first kappa shape index (κ1) is 6.95. The lowest BCUT2D eigenvalue weighted by molar-refractivity contribution is 0.189. The topological polar surface area (TPSA) is 0 Å². The fourth-order valence-electron chi connectivity index (χ4n) is 4.19. The SMILES string of the molecule is ClC12CCC(Cl)([C@H]3C[C@H]31)[C@H]1C[C@H]12. The van der Waals surface area contributed by atoms with E-state index < -0.39 is 0 Å². The van der Waals surface area contributed by atoms with Crippen molar-refractivity contribution in [2.45, 2.75) is 35.4 Å². The van der Waals surface area contributed by atoms with Crippen molar-refractivity contribution >= 4 is 23.2 Å². The first-order valence-corrected chi connectivity index (χ1v) is 5.80. The van der Waals surface area contributed by atoms with Crippen LogP contribution in [0.15, 0.2) is 0 Å². The zero-order valence-electron chi connectivity index (χ0n) is 6.89. The molecule has 0 nitrogen and oxygen atoms in total. The first-order chi connectivity index (χ1) is 5.66. The van der Waals surface area contributed by atoms with Crippen molar-refractivity contribution in [2.75, 3.05) is 0 Å². The minimum Gasteiger partial charge on any atom is -0.119 e. The van der Waals surface area contributed by atoms with Crippen molar-refractivity contribution in [1.29, 1.82) is 0 Å². The lowest BCUT2D eigenvalue weighted by Crippen LogP contribution is -2.48. The van der Waals surface area contributed by atoms with Gasteiger partial charge in [-0.05, 0) is 49.4 Å². The average Bonchev–Trinajstić information content (AvgIpc) is 2.84. The zero-order valence-corrected chi connectivity index (χ0v) is 8.41. The van der Waals surface area contributed by atoms with Crippen LogP contribution in [0, 0.1) is 23.7 Å². The fraction of sp³-hybridized carbons (Fsp3) is 1.00. The van der Waals surface area contributed by atoms with Crippen LogP contribution in [0.5, 0.6) is 0 Å². The van der Waals surface area contributed by atoms with Crippen molar-refractivity contribution in [3.05, 3.63) is 0 Å².